The SMILES string of the molecule is COc1ccc(CCN2CC(C(=O)OCC(=O)NC(Cc3ccccc3)C(C)=O)CC2=O)cc1OC. The molecule has 9 nitrogen and oxygen atoms in total. The Balaban J connectivity index is 1.45. The second-order valence-corrected chi connectivity index (χ2v) is 8.71. The molecule has 0 bridgehead atoms. The number of esters is 1. The molecule has 1 heterocycles. The molecule has 2 amide bonds. The molecule has 2 aromatic carbocycles. The number of ketones is 1. The number of benzene rings is 2. The van der Waals surface area contributed by atoms with Crippen molar-refractivity contribution in [2.45, 2.75) is 32.2 Å². The zero-order valence-corrected chi connectivity index (χ0v) is 20.8. The number of hydrogen-bond acceptors (Lipinski definition) is 7. The Morgan fingerprint density at radius 2 is 1.75 bits per heavy atom. The van der Waals surface area contributed by atoms with Crippen molar-refractivity contribution < 1.29 is 33.4 Å². The molecule has 192 valence electrons. The van der Waals surface area contributed by atoms with Crippen LogP contribution in [0.15, 0.2) is 48.5 Å². The summed E-state index contributed by atoms with van der Waals surface area (Å²) in [6.07, 6.45) is 0.975. The van der Waals surface area contributed by atoms with Crippen molar-refractivity contribution in [2.75, 3.05) is 33.9 Å². The predicted molar refractivity (Wildman–Crippen MR) is 132 cm³/mol. The minimum absolute atomic E-state index is 0.0382. The fraction of sp³-hybridized carbons (Fsp3) is 0.407. The first-order valence-electron chi connectivity index (χ1n) is 11.8. The van der Waals surface area contributed by atoms with E-state index >= 15 is 0 Å². The summed E-state index contributed by atoms with van der Waals surface area (Å²) < 4.78 is 15.7. The number of Topliss-reactive ketones (excluding diaryl/α,β-unsaturated/α-hetero) is 1. The summed E-state index contributed by atoms with van der Waals surface area (Å²) >= 11 is 0. The van der Waals surface area contributed by atoms with Gasteiger partial charge >= 0.3 is 5.97 Å². The maximum atomic E-state index is 12.5. The van der Waals surface area contributed by atoms with Crippen LogP contribution in [0.4, 0.5) is 0 Å². The van der Waals surface area contributed by atoms with Gasteiger partial charge in [-0.3, -0.25) is 19.2 Å². The lowest BCUT2D eigenvalue weighted by Crippen LogP contribution is -2.43. The van der Waals surface area contributed by atoms with E-state index in [2.05, 4.69) is 5.32 Å². The monoisotopic (exact) mass is 496 g/mol. The summed E-state index contributed by atoms with van der Waals surface area (Å²) in [7, 11) is 3.13. The van der Waals surface area contributed by atoms with Crippen molar-refractivity contribution >= 4 is 23.6 Å². The lowest BCUT2D eigenvalue weighted by atomic mass is 10.0. The van der Waals surface area contributed by atoms with E-state index in [1.54, 1.807) is 19.1 Å². The van der Waals surface area contributed by atoms with Gasteiger partial charge in [0.25, 0.3) is 5.91 Å². The highest BCUT2D eigenvalue weighted by atomic mass is 16.5. The van der Waals surface area contributed by atoms with Gasteiger partial charge in [0.1, 0.15) is 0 Å². The molecule has 1 fully saturated rings. The first-order valence-corrected chi connectivity index (χ1v) is 11.8. The van der Waals surface area contributed by atoms with Crippen LogP contribution < -0.4 is 14.8 Å². The summed E-state index contributed by atoms with van der Waals surface area (Å²) in [5.41, 5.74) is 1.88. The predicted octanol–water partition coefficient (Wildman–Crippen LogP) is 1.95. The van der Waals surface area contributed by atoms with Crippen LogP contribution in [-0.2, 0) is 36.8 Å². The van der Waals surface area contributed by atoms with Crippen LogP contribution in [0.25, 0.3) is 0 Å². The van der Waals surface area contributed by atoms with Crippen LogP contribution in [0.5, 0.6) is 11.5 Å². The summed E-state index contributed by atoms with van der Waals surface area (Å²) in [6, 6.07) is 14.2. The average Bonchev–Trinajstić information content (AvgIpc) is 3.26. The molecule has 0 radical (unpaired) electrons. The van der Waals surface area contributed by atoms with E-state index in [0.29, 0.717) is 30.9 Å². The number of methoxy groups -OCH3 is 2. The molecule has 36 heavy (non-hydrogen) atoms. The summed E-state index contributed by atoms with van der Waals surface area (Å²) in [5.74, 6) is -0.892. The van der Waals surface area contributed by atoms with Crippen LogP contribution in [0.2, 0.25) is 0 Å². The van der Waals surface area contributed by atoms with E-state index in [1.165, 1.54) is 6.92 Å². The van der Waals surface area contributed by atoms with Gasteiger partial charge < -0.3 is 24.4 Å². The number of amides is 2. The molecule has 1 saturated heterocycles. The standard InChI is InChI=1S/C27H32N2O7/c1-18(30)22(13-19-7-5-4-6-8-19)28-25(31)17-36-27(33)21-15-26(32)29(16-21)12-11-20-9-10-23(34-2)24(14-20)35-3/h4-10,14,21-22H,11-13,15-17H2,1-3H3,(H,28,31). The second-order valence-electron chi connectivity index (χ2n) is 8.71. The topological polar surface area (TPSA) is 111 Å². The van der Waals surface area contributed by atoms with Crippen LogP contribution in [-0.4, -0.2) is 68.4 Å². The van der Waals surface area contributed by atoms with Crippen molar-refractivity contribution in [3.8, 4) is 11.5 Å². The van der Waals surface area contributed by atoms with Crippen molar-refractivity contribution in [3.63, 3.8) is 0 Å². The van der Waals surface area contributed by atoms with Gasteiger partial charge in [-0.05, 0) is 43.0 Å². The normalized spacial score (nSPS) is 15.8. The summed E-state index contributed by atoms with van der Waals surface area (Å²) in [5, 5.41) is 2.62. The molecule has 2 atom stereocenters. The number of carbonyl (C=O) groups excluding carboxylic acids is 4. The van der Waals surface area contributed by atoms with Crippen LogP contribution in [0.1, 0.15) is 24.5 Å². The molecule has 2 unspecified atom stereocenters. The van der Waals surface area contributed by atoms with Gasteiger partial charge in [0, 0.05) is 19.5 Å². The van der Waals surface area contributed by atoms with Gasteiger partial charge in [-0.15, -0.1) is 0 Å². The maximum Gasteiger partial charge on any atom is 0.311 e. The number of ether oxygens (including phenoxy) is 3. The minimum atomic E-state index is -0.710. The molecule has 0 aliphatic carbocycles. The molecule has 0 saturated carbocycles. The average molecular weight is 497 g/mol. The molecule has 9 heteroatoms. The van der Waals surface area contributed by atoms with Gasteiger partial charge in [-0.1, -0.05) is 36.4 Å². The Morgan fingerprint density at radius 1 is 1.03 bits per heavy atom. The lowest BCUT2D eigenvalue weighted by molar-refractivity contribution is -0.152. The third-order valence-corrected chi connectivity index (χ3v) is 6.12. The van der Waals surface area contributed by atoms with E-state index < -0.39 is 30.4 Å². The third-order valence-electron chi connectivity index (χ3n) is 6.12. The Morgan fingerprint density at radius 3 is 2.42 bits per heavy atom. The number of likely N-dealkylation sites (tertiary alicyclic amines) is 1. The van der Waals surface area contributed by atoms with Gasteiger partial charge in [0.2, 0.25) is 5.91 Å². The number of rotatable bonds is 12. The van der Waals surface area contributed by atoms with E-state index in [-0.39, 0.29) is 24.7 Å². The number of hydrogen-bond donors (Lipinski definition) is 1. The fourth-order valence-corrected chi connectivity index (χ4v) is 4.08. The Hall–Kier alpha value is -3.88. The van der Waals surface area contributed by atoms with Gasteiger partial charge in [-0.2, -0.15) is 0 Å². The highest BCUT2D eigenvalue weighted by Gasteiger charge is 2.35. The first-order chi connectivity index (χ1) is 17.3. The molecule has 3 rings (SSSR count). The number of nitrogens with one attached hydrogen (secondary N) is 1. The highest BCUT2D eigenvalue weighted by Crippen LogP contribution is 2.28. The van der Waals surface area contributed by atoms with E-state index in [1.807, 2.05) is 48.5 Å². The third kappa shape index (κ3) is 7.31. The quantitative estimate of drug-likeness (QED) is 0.447. The molecule has 0 aromatic heterocycles. The number of carbonyl (C=O) groups is 4. The molecule has 1 aliphatic heterocycles. The lowest BCUT2D eigenvalue weighted by Gasteiger charge is -2.18. The summed E-state index contributed by atoms with van der Waals surface area (Å²) in [6.45, 7) is 1.57. The summed E-state index contributed by atoms with van der Waals surface area (Å²) in [4.78, 5) is 50.8. The van der Waals surface area contributed by atoms with E-state index in [0.717, 1.165) is 11.1 Å². The Kier molecular flexibility index (Phi) is 9.44. The zero-order chi connectivity index (χ0) is 26.1. The van der Waals surface area contributed by atoms with Crippen molar-refractivity contribution in [1.82, 2.24) is 10.2 Å². The van der Waals surface area contributed by atoms with E-state index in [4.69, 9.17) is 14.2 Å². The van der Waals surface area contributed by atoms with Crippen molar-refractivity contribution in [1.29, 1.82) is 0 Å². The molecule has 0 spiro atoms. The highest BCUT2D eigenvalue weighted by molar-refractivity contribution is 5.90. The van der Waals surface area contributed by atoms with Gasteiger partial charge in [0.15, 0.2) is 23.9 Å². The van der Waals surface area contributed by atoms with Crippen molar-refractivity contribution in [3.05, 3.63) is 59.7 Å². The Bertz CT molecular complexity index is 1090. The molecule has 1 aliphatic rings. The second kappa shape index (κ2) is 12.7. The molecular formula is C27H32N2O7. The van der Waals surface area contributed by atoms with Crippen molar-refractivity contribution in [2.24, 2.45) is 5.92 Å². The van der Waals surface area contributed by atoms with Gasteiger partial charge in [0.05, 0.1) is 26.2 Å². The smallest absolute Gasteiger partial charge is 0.311 e. The largest absolute Gasteiger partial charge is 0.493 e. The Labute approximate surface area is 210 Å². The van der Waals surface area contributed by atoms with E-state index in [9.17, 15) is 19.2 Å². The maximum absolute atomic E-state index is 12.5. The first kappa shape index (κ1) is 26.7. The molecule has 2 aromatic rings. The van der Waals surface area contributed by atoms with Gasteiger partial charge in [-0.25, -0.2) is 0 Å². The van der Waals surface area contributed by atoms with Crippen LogP contribution >= 0.6 is 0 Å². The van der Waals surface area contributed by atoms with Crippen LogP contribution in [0, 0.1) is 5.92 Å². The minimum Gasteiger partial charge on any atom is -0.493 e. The fourth-order valence-electron chi connectivity index (χ4n) is 4.08. The number of nitrogens with zero attached hydrogens (tertiary/aromatic N) is 1. The van der Waals surface area contributed by atoms with Crippen LogP contribution in [0.3, 0.4) is 0 Å². The molecule has 1 N–H and O–H groups in total. The zero-order valence-electron chi connectivity index (χ0n) is 20.8. The molecular weight excluding hydrogens is 464 g/mol.